The maximum atomic E-state index is 12.9. The summed E-state index contributed by atoms with van der Waals surface area (Å²) in [6, 6.07) is 16.5. The third-order valence-electron chi connectivity index (χ3n) is 4.93. The number of fused-ring (bicyclic) bond motifs is 1. The zero-order valence-electron chi connectivity index (χ0n) is 14.6. The number of amides is 1. The van der Waals surface area contributed by atoms with E-state index >= 15 is 0 Å². The third kappa shape index (κ3) is 2.86. The highest BCUT2D eigenvalue weighted by atomic mass is 16.2. The van der Waals surface area contributed by atoms with Crippen molar-refractivity contribution in [1.82, 2.24) is 14.7 Å². The van der Waals surface area contributed by atoms with Crippen molar-refractivity contribution < 1.29 is 4.79 Å². The van der Waals surface area contributed by atoms with Gasteiger partial charge in [0.25, 0.3) is 5.91 Å². The van der Waals surface area contributed by atoms with Crippen molar-refractivity contribution >= 4 is 22.5 Å². The van der Waals surface area contributed by atoms with Gasteiger partial charge in [-0.3, -0.25) is 9.48 Å². The second-order valence-electron chi connectivity index (χ2n) is 6.60. The molecule has 2 heterocycles. The Morgan fingerprint density at radius 2 is 1.64 bits per heavy atom. The van der Waals surface area contributed by atoms with Crippen LogP contribution in [0, 0.1) is 6.92 Å². The van der Waals surface area contributed by atoms with Gasteiger partial charge in [0.1, 0.15) is 0 Å². The van der Waals surface area contributed by atoms with Crippen LogP contribution in [0.5, 0.6) is 0 Å². The van der Waals surface area contributed by atoms with Crippen LogP contribution in [0.15, 0.2) is 48.5 Å². The molecule has 1 aliphatic rings. The third-order valence-corrected chi connectivity index (χ3v) is 4.93. The number of carbonyl (C=O) groups excluding carboxylic acids is 1. The predicted molar refractivity (Wildman–Crippen MR) is 100 cm³/mol. The number of anilines is 1. The van der Waals surface area contributed by atoms with Crippen LogP contribution in [0.1, 0.15) is 16.1 Å². The number of para-hydroxylation sites is 1. The van der Waals surface area contributed by atoms with Gasteiger partial charge in [-0.1, -0.05) is 35.9 Å². The molecule has 4 rings (SSSR count). The topological polar surface area (TPSA) is 41.4 Å². The van der Waals surface area contributed by atoms with Crippen molar-refractivity contribution in [2.45, 2.75) is 6.92 Å². The second-order valence-corrected chi connectivity index (χ2v) is 6.60. The van der Waals surface area contributed by atoms with Crippen LogP contribution in [-0.4, -0.2) is 46.8 Å². The number of rotatable bonds is 2. The van der Waals surface area contributed by atoms with Crippen LogP contribution >= 0.6 is 0 Å². The van der Waals surface area contributed by atoms with Crippen LogP contribution < -0.4 is 4.90 Å². The van der Waals surface area contributed by atoms with Crippen LogP contribution in [0.25, 0.3) is 10.9 Å². The molecule has 0 atom stereocenters. The molecule has 2 aromatic carbocycles. The van der Waals surface area contributed by atoms with Gasteiger partial charge in [-0.25, -0.2) is 0 Å². The zero-order valence-corrected chi connectivity index (χ0v) is 14.6. The number of aryl methyl sites for hydroxylation is 2. The zero-order chi connectivity index (χ0) is 17.4. The molecule has 0 aliphatic carbocycles. The highest BCUT2D eigenvalue weighted by Gasteiger charge is 2.25. The molecular formula is C20H22N4O. The largest absolute Gasteiger partial charge is 0.368 e. The van der Waals surface area contributed by atoms with Crippen molar-refractivity contribution in [1.29, 1.82) is 0 Å². The number of hydrogen-bond acceptors (Lipinski definition) is 3. The number of benzene rings is 2. The molecule has 0 N–H and O–H groups in total. The summed E-state index contributed by atoms with van der Waals surface area (Å²) in [4.78, 5) is 17.2. The second kappa shape index (κ2) is 6.24. The van der Waals surface area contributed by atoms with E-state index in [1.54, 1.807) is 4.68 Å². The Labute approximate surface area is 147 Å². The standard InChI is InChI=1S/C20H22N4O/c1-15-7-9-16(10-8-15)23-11-13-24(14-12-23)20(25)19-17-5-3-4-6-18(17)22(2)21-19/h3-10H,11-14H2,1-2H3. The molecule has 0 radical (unpaired) electrons. The fourth-order valence-electron chi connectivity index (χ4n) is 3.44. The lowest BCUT2D eigenvalue weighted by atomic mass is 10.1. The number of carbonyl (C=O) groups is 1. The molecule has 128 valence electrons. The fraction of sp³-hybridized carbons (Fsp3) is 0.300. The highest BCUT2D eigenvalue weighted by Crippen LogP contribution is 2.21. The average molecular weight is 334 g/mol. The molecule has 1 aromatic heterocycles. The Hall–Kier alpha value is -2.82. The Morgan fingerprint density at radius 1 is 0.960 bits per heavy atom. The first-order valence-corrected chi connectivity index (χ1v) is 8.66. The van der Waals surface area contributed by atoms with Crippen LogP contribution in [-0.2, 0) is 7.05 Å². The molecule has 1 aliphatic heterocycles. The van der Waals surface area contributed by atoms with Gasteiger partial charge < -0.3 is 9.80 Å². The van der Waals surface area contributed by atoms with Gasteiger partial charge in [-0.05, 0) is 25.1 Å². The Kier molecular flexibility index (Phi) is 3.92. The van der Waals surface area contributed by atoms with Crippen LogP contribution in [0.4, 0.5) is 5.69 Å². The lowest BCUT2D eigenvalue weighted by Gasteiger charge is -2.36. The van der Waals surface area contributed by atoms with Crippen molar-refractivity contribution in [3.05, 3.63) is 59.8 Å². The summed E-state index contributed by atoms with van der Waals surface area (Å²) in [5, 5.41) is 5.39. The summed E-state index contributed by atoms with van der Waals surface area (Å²) in [6.07, 6.45) is 0. The quantitative estimate of drug-likeness (QED) is 0.724. The molecule has 0 saturated carbocycles. The average Bonchev–Trinajstić information content (AvgIpc) is 2.99. The Balaban J connectivity index is 1.50. The van der Waals surface area contributed by atoms with E-state index in [9.17, 15) is 4.79 Å². The van der Waals surface area contributed by atoms with E-state index in [2.05, 4.69) is 41.2 Å². The fourth-order valence-corrected chi connectivity index (χ4v) is 3.44. The molecule has 3 aromatic rings. The summed E-state index contributed by atoms with van der Waals surface area (Å²) >= 11 is 0. The maximum Gasteiger partial charge on any atom is 0.275 e. The molecule has 1 amide bonds. The normalized spacial score (nSPS) is 15.0. The van der Waals surface area contributed by atoms with E-state index in [4.69, 9.17) is 0 Å². The van der Waals surface area contributed by atoms with E-state index in [-0.39, 0.29) is 5.91 Å². The van der Waals surface area contributed by atoms with Crippen molar-refractivity contribution in [3.8, 4) is 0 Å². The van der Waals surface area contributed by atoms with E-state index in [1.165, 1.54) is 11.3 Å². The van der Waals surface area contributed by atoms with Gasteiger partial charge in [0, 0.05) is 44.3 Å². The van der Waals surface area contributed by atoms with Crippen molar-refractivity contribution in [2.24, 2.45) is 7.05 Å². The number of hydrogen-bond donors (Lipinski definition) is 0. The van der Waals surface area contributed by atoms with Gasteiger partial charge >= 0.3 is 0 Å². The van der Waals surface area contributed by atoms with Crippen LogP contribution in [0.2, 0.25) is 0 Å². The summed E-state index contributed by atoms with van der Waals surface area (Å²) in [5.41, 5.74) is 4.03. The molecule has 1 saturated heterocycles. The number of aromatic nitrogens is 2. The molecular weight excluding hydrogens is 312 g/mol. The van der Waals surface area contributed by atoms with Gasteiger partial charge in [-0.15, -0.1) is 0 Å². The summed E-state index contributed by atoms with van der Waals surface area (Å²) in [7, 11) is 1.88. The van der Waals surface area contributed by atoms with Gasteiger partial charge in [-0.2, -0.15) is 5.10 Å². The predicted octanol–water partition coefficient (Wildman–Crippen LogP) is 2.84. The monoisotopic (exact) mass is 334 g/mol. The lowest BCUT2D eigenvalue weighted by Crippen LogP contribution is -2.49. The first kappa shape index (κ1) is 15.7. The first-order chi connectivity index (χ1) is 12.1. The first-order valence-electron chi connectivity index (χ1n) is 8.66. The van der Waals surface area contributed by atoms with E-state index < -0.39 is 0 Å². The summed E-state index contributed by atoms with van der Waals surface area (Å²) < 4.78 is 1.78. The maximum absolute atomic E-state index is 12.9. The minimum atomic E-state index is 0.0281. The molecule has 5 nitrogen and oxygen atoms in total. The highest BCUT2D eigenvalue weighted by molar-refractivity contribution is 6.04. The molecule has 5 heteroatoms. The summed E-state index contributed by atoms with van der Waals surface area (Å²) in [5.74, 6) is 0.0281. The Bertz CT molecular complexity index is 905. The molecule has 0 bridgehead atoms. The lowest BCUT2D eigenvalue weighted by molar-refractivity contribution is 0.0742. The van der Waals surface area contributed by atoms with E-state index in [0.717, 1.165) is 37.1 Å². The molecule has 0 spiro atoms. The van der Waals surface area contributed by atoms with Gasteiger partial charge in [0.2, 0.25) is 0 Å². The number of nitrogens with zero attached hydrogens (tertiary/aromatic N) is 4. The molecule has 0 unspecified atom stereocenters. The molecule has 25 heavy (non-hydrogen) atoms. The minimum absolute atomic E-state index is 0.0281. The van der Waals surface area contributed by atoms with E-state index in [0.29, 0.717) is 5.69 Å². The van der Waals surface area contributed by atoms with E-state index in [1.807, 2.05) is 36.2 Å². The van der Waals surface area contributed by atoms with Crippen molar-refractivity contribution in [2.75, 3.05) is 31.1 Å². The smallest absolute Gasteiger partial charge is 0.275 e. The van der Waals surface area contributed by atoms with Gasteiger partial charge in [0.05, 0.1) is 5.52 Å². The summed E-state index contributed by atoms with van der Waals surface area (Å²) in [6.45, 7) is 5.23. The molecule has 1 fully saturated rings. The number of piperazine rings is 1. The minimum Gasteiger partial charge on any atom is -0.368 e. The Morgan fingerprint density at radius 3 is 2.36 bits per heavy atom. The van der Waals surface area contributed by atoms with Crippen molar-refractivity contribution in [3.63, 3.8) is 0 Å². The SMILES string of the molecule is Cc1ccc(N2CCN(C(=O)c3nn(C)c4ccccc34)CC2)cc1. The van der Waals surface area contributed by atoms with Crippen LogP contribution in [0.3, 0.4) is 0 Å². The van der Waals surface area contributed by atoms with Gasteiger partial charge in [0.15, 0.2) is 5.69 Å².